The molecular weight excluding hydrogens is 224 g/mol. The quantitative estimate of drug-likeness (QED) is 0.845. The maximum atomic E-state index is 12.2. The number of rotatable bonds is 2. The van der Waals surface area contributed by atoms with Gasteiger partial charge in [-0.2, -0.15) is 0 Å². The highest BCUT2D eigenvalue weighted by Gasteiger charge is 2.25. The molecule has 0 aromatic heterocycles. The Bertz CT molecular complexity index is 428. The molecule has 1 aromatic carbocycles. The van der Waals surface area contributed by atoms with Gasteiger partial charge in [-0.15, -0.1) is 0 Å². The summed E-state index contributed by atoms with van der Waals surface area (Å²) < 4.78 is 0. The van der Waals surface area contributed by atoms with E-state index < -0.39 is 0 Å². The minimum absolute atomic E-state index is 0.0353. The van der Waals surface area contributed by atoms with Crippen LogP contribution in [0.3, 0.4) is 0 Å². The number of carbonyl (C=O) groups excluding carboxylic acids is 1. The molecule has 1 aromatic rings. The Morgan fingerprint density at radius 2 is 2.11 bits per heavy atom. The van der Waals surface area contributed by atoms with Gasteiger partial charge < -0.3 is 10.2 Å². The number of amides is 2. The van der Waals surface area contributed by atoms with E-state index in [-0.39, 0.29) is 6.03 Å². The fraction of sp³-hybridized carbons (Fsp3) is 0.533. The maximum absolute atomic E-state index is 12.2. The van der Waals surface area contributed by atoms with Crippen molar-refractivity contribution in [3.05, 3.63) is 29.8 Å². The van der Waals surface area contributed by atoms with E-state index in [4.69, 9.17) is 0 Å². The van der Waals surface area contributed by atoms with Gasteiger partial charge in [-0.3, -0.25) is 0 Å². The van der Waals surface area contributed by atoms with E-state index in [0.717, 1.165) is 25.1 Å². The first kappa shape index (κ1) is 12.9. The van der Waals surface area contributed by atoms with Crippen LogP contribution in [0.5, 0.6) is 0 Å². The van der Waals surface area contributed by atoms with Crippen LogP contribution >= 0.6 is 0 Å². The molecule has 0 spiro atoms. The summed E-state index contributed by atoms with van der Waals surface area (Å²) in [4.78, 5) is 14.1. The SMILES string of the molecule is CC(C)c1ccccc1NC(=O)N1CCC[C@H]1C. The van der Waals surface area contributed by atoms with Crippen molar-refractivity contribution in [2.24, 2.45) is 0 Å². The largest absolute Gasteiger partial charge is 0.322 e. The monoisotopic (exact) mass is 246 g/mol. The molecule has 2 amide bonds. The van der Waals surface area contributed by atoms with E-state index in [1.165, 1.54) is 5.56 Å². The first-order valence-corrected chi connectivity index (χ1v) is 6.76. The molecule has 0 saturated carbocycles. The lowest BCUT2D eigenvalue weighted by Gasteiger charge is -2.23. The van der Waals surface area contributed by atoms with Crippen LogP contribution in [0, 0.1) is 0 Å². The lowest BCUT2D eigenvalue weighted by Crippen LogP contribution is -2.37. The number of carbonyl (C=O) groups is 1. The van der Waals surface area contributed by atoms with Gasteiger partial charge in [0.15, 0.2) is 0 Å². The fourth-order valence-corrected chi connectivity index (χ4v) is 2.54. The van der Waals surface area contributed by atoms with Gasteiger partial charge >= 0.3 is 6.03 Å². The number of likely N-dealkylation sites (tertiary alicyclic amines) is 1. The number of para-hydroxylation sites is 1. The minimum Gasteiger partial charge on any atom is -0.322 e. The summed E-state index contributed by atoms with van der Waals surface area (Å²) in [6, 6.07) is 8.43. The molecule has 0 aliphatic carbocycles. The van der Waals surface area contributed by atoms with Crippen LogP contribution in [0.2, 0.25) is 0 Å². The van der Waals surface area contributed by atoms with Gasteiger partial charge in [-0.25, -0.2) is 4.79 Å². The highest BCUT2D eigenvalue weighted by molar-refractivity contribution is 5.90. The van der Waals surface area contributed by atoms with Crippen molar-refractivity contribution < 1.29 is 4.79 Å². The van der Waals surface area contributed by atoms with Crippen LogP contribution in [0.4, 0.5) is 10.5 Å². The lowest BCUT2D eigenvalue weighted by atomic mass is 10.0. The van der Waals surface area contributed by atoms with Gasteiger partial charge in [-0.1, -0.05) is 32.0 Å². The van der Waals surface area contributed by atoms with Crippen LogP contribution < -0.4 is 5.32 Å². The molecule has 0 unspecified atom stereocenters. The summed E-state index contributed by atoms with van der Waals surface area (Å²) in [5.74, 6) is 0.414. The third-order valence-corrected chi connectivity index (χ3v) is 3.64. The van der Waals surface area contributed by atoms with E-state index in [0.29, 0.717) is 12.0 Å². The van der Waals surface area contributed by atoms with Crippen LogP contribution in [0.25, 0.3) is 0 Å². The van der Waals surface area contributed by atoms with Crippen molar-refractivity contribution in [1.82, 2.24) is 4.90 Å². The lowest BCUT2D eigenvalue weighted by molar-refractivity contribution is 0.210. The van der Waals surface area contributed by atoms with E-state index in [9.17, 15) is 4.79 Å². The van der Waals surface area contributed by atoms with Crippen molar-refractivity contribution in [2.75, 3.05) is 11.9 Å². The Balaban J connectivity index is 2.11. The summed E-state index contributed by atoms with van der Waals surface area (Å²) >= 11 is 0. The van der Waals surface area contributed by atoms with E-state index in [1.807, 2.05) is 23.1 Å². The van der Waals surface area contributed by atoms with Gasteiger partial charge in [-0.05, 0) is 37.3 Å². The minimum atomic E-state index is 0.0353. The fourth-order valence-electron chi connectivity index (χ4n) is 2.54. The van der Waals surface area contributed by atoms with Crippen LogP contribution in [0.1, 0.15) is 45.1 Å². The van der Waals surface area contributed by atoms with Crippen molar-refractivity contribution in [3.8, 4) is 0 Å². The van der Waals surface area contributed by atoms with Gasteiger partial charge in [0.1, 0.15) is 0 Å². The molecule has 1 atom stereocenters. The number of hydrogen-bond donors (Lipinski definition) is 1. The maximum Gasteiger partial charge on any atom is 0.322 e. The van der Waals surface area contributed by atoms with Crippen molar-refractivity contribution >= 4 is 11.7 Å². The van der Waals surface area contributed by atoms with E-state index >= 15 is 0 Å². The zero-order valence-corrected chi connectivity index (χ0v) is 11.4. The second kappa shape index (κ2) is 5.42. The first-order chi connectivity index (χ1) is 8.59. The molecule has 1 N–H and O–H groups in total. The second-order valence-corrected chi connectivity index (χ2v) is 5.36. The predicted molar refractivity (Wildman–Crippen MR) is 75.0 cm³/mol. The molecule has 0 bridgehead atoms. The summed E-state index contributed by atoms with van der Waals surface area (Å²) in [6.45, 7) is 7.27. The second-order valence-electron chi connectivity index (χ2n) is 5.36. The predicted octanol–water partition coefficient (Wildman–Crippen LogP) is 3.83. The first-order valence-electron chi connectivity index (χ1n) is 6.76. The number of anilines is 1. The number of hydrogen-bond acceptors (Lipinski definition) is 1. The highest BCUT2D eigenvalue weighted by atomic mass is 16.2. The molecule has 1 heterocycles. The number of nitrogens with zero attached hydrogens (tertiary/aromatic N) is 1. The summed E-state index contributed by atoms with van der Waals surface area (Å²) in [5, 5.41) is 3.05. The third-order valence-electron chi connectivity index (χ3n) is 3.64. The Morgan fingerprint density at radius 3 is 2.72 bits per heavy atom. The zero-order valence-electron chi connectivity index (χ0n) is 11.4. The molecule has 3 heteroatoms. The molecule has 2 rings (SSSR count). The summed E-state index contributed by atoms with van der Waals surface area (Å²) in [6.07, 6.45) is 2.22. The zero-order chi connectivity index (χ0) is 13.1. The van der Waals surface area contributed by atoms with E-state index in [2.05, 4.69) is 32.2 Å². The molecule has 1 aliphatic heterocycles. The molecule has 1 aliphatic rings. The topological polar surface area (TPSA) is 32.3 Å². The average molecular weight is 246 g/mol. The average Bonchev–Trinajstić information content (AvgIpc) is 2.76. The molecule has 1 saturated heterocycles. The Labute approximate surface area is 109 Å². The highest BCUT2D eigenvalue weighted by Crippen LogP contribution is 2.25. The Kier molecular flexibility index (Phi) is 3.90. The van der Waals surface area contributed by atoms with Crippen molar-refractivity contribution in [3.63, 3.8) is 0 Å². The molecule has 18 heavy (non-hydrogen) atoms. The van der Waals surface area contributed by atoms with Gasteiger partial charge in [0.05, 0.1) is 0 Å². The number of nitrogens with one attached hydrogen (secondary N) is 1. The molecule has 98 valence electrons. The normalized spacial score (nSPS) is 19.3. The molecular formula is C15H22N2O. The van der Waals surface area contributed by atoms with Gasteiger partial charge in [0, 0.05) is 18.3 Å². The molecule has 3 nitrogen and oxygen atoms in total. The summed E-state index contributed by atoms with van der Waals surface area (Å²) in [7, 11) is 0. The summed E-state index contributed by atoms with van der Waals surface area (Å²) in [5.41, 5.74) is 2.13. The molecule has 0 radical (unpaired) electrons. The number of benzene rings is 1. The molecule has 1 fully saturated rings. The third kappa shape index (κ3) is 2.66. The van der Waals surface area contributed by atoms with Crippen LogP contribution in [0.15, 0.2) is 24.3 Å². The van der Waals surface area contributed by atoms with Crippen molar-refractivity contribution in [1.29, 1.82) is 0 Å². The smallest absolute Gasteiger partial charge is 0.322 e. The Morgan fingerprint density at radius 1 is 1.39 bits per heavy atom. The number of urea groups is 1. The van der Waals surface area contributed by atoms with Gasteiger partial charge in [0.25, 0.3) is 0 Å². The Hall–Kier alpha value is -1.51. The van der Waals surface area contributed by atoms with Crippen LogP contribution in [-0.2, 0) is 0 Å². The van der Waals surface area contributed by atoms with Gasteiger partial charge in [0.2, 0.25) is 0 Å². The van der Waals surface area contributed by atoms with E-state index in [1.54, 1.807) is 0 Å². The van der Waals surface area contributed by atoms with Crippen molar-refractivity contribution in [2.45, 2.75) is 45.6 Å². The van der Waals surface area contributed by atoms with Crippen LogP contribution in [-0.4, -0.2) is 23.5 Å². The standard InChI is InChI=1S/C15H22N2O/c1-11(2)13-8-4-5-9-14(13)16-15(18)17-10-6-7-12(17)3/h4-5,8-9,11-12H,6-7,10H2,1-3H3,(H,16,18)/t12-/m1/s1.